The highest BCUT2D eigenvalue weighted by molar-refractivity contribution is 8.08. The highest BCUT2D eigenvalue weighted by Gasteiger charge is 2.17. The number of carbonyl (C=O) groups is 3. The van der Waals surface area contributed by atoms with Gasteiger partial charge in [0.05, 0.1) is 18.3 Å². The third-order valence-electron chi connectivity index (χ3n) is 6.81. The van der Waals surface area contributed by atoms with E-state index in [-0.39, 0.29) is 17.3 Å². The second-order valence-electron chi connectivity index (χ2n) is 10.0. The molecule has 0 amide bonds. The summed E-state index contributed by atoms with van der Waals surface area (Å²) in [7, 11) is 0. The van der Waals surface area contributed by atoms with Crippen LogP contribution in [-0.2, 0) is 11.2 Å². The van der Waals surface area contributed by atoms with E-state index in [9.17, 15) is 19.5 Å². The highest BCUT2D eigenvalue weighted by Crippen LogP contribution is 2.44. The van der Waals surface area contributed by atoms with Crippen LogP contribution in [0.4, 0.5) is 0 Å². The molecule has 0 bridgehead atoms. The maximum Gasteiger partial charge on any atom is 0.338 e. The maximum absolute atomic E-state index is 12.9. The van der Waals surface area contributed by atoms with Gasteiger partial charge in [-0.25, -0.2) is 4.79 Å². The number of aryl methyl sites for hydroxylation is 1. The minimum Gasteiger partial charge on any atom is -0.462 e. The number of aliphatic hydroxyl groups excluding tert-OH is 1. The zero-order valence-corrected chi connectivity index (χ0v) is 26.0. The van der Waals surface area contributed by atoms with Crippen molar-refractivity contribution in [3.05, 3.63) is 87.3 Å². The van der Waals surface area contributed by atoms with Crippen molar-refractivity contribution in [1.29, 1.82) is 0 Å². The van der Waals surface area contributed by atoms with Gasteiger partial charge < -0.3 is 9.84 Å². The number of aliphatic hydroxyl groups is 1. The van der Waals surface area contributed by atoms with Crippen LogP contribution in [0.3, 0.4) is 0 Å². The Bertz CT molecular complexity index is 1330. The number of esters is 1. The van der Waals surface area contributed by atoms with Crippen molar-refractivity contribution in [2.45, 2.75) is 77.6 Å². The molecular formula is C34H40O5S2. The molecule has 2 unspecified atom stereocenters. The molecule has 1 heterocycles. The fourth-order valence-electron chi connectivity index (χ4n) is 4.44. The Hall–Kier alpha value is -3.00. The molecule has 0 aliphatic carbocycles. The quantitative estimate of drug-likeness (QED) is 0.102. The van der Waals surface area contributed by atoms with Crippen molar-refractivity contribution >= 4 is 46.5 Å². The molecule has 0 saturated heterocycles. The lowest BCUT2D eigenvalue weighted by Gasteiger charge is -2.16. The molecular weight excluding hydrogens is 553 g/mol. The lowest BCUT2D eigenvalue weighted by molar-refractivity contribution is 0.0492. The van der Waals surface area contributed by atoms with Crippen molar-refractivity contribution in [3.63, 3.8) is 0 Å². The fourth-order valence-corrected chi connectivity index (χ4v) is 6.75. The topological polar surface area (TPSA) is 80.7 Å². The Balaban J connectivity index is 1.76. The predicted molar refractivity (Wildman–Crippen MR) is 171 cm³/mol. The summed E-state index contributed by atoms with van der Waals surface area (Å²) in [6.07, 6.45) is 8.12. The molecule has 0 aliphatic rings. The number of benzene rings is 2. The highest BCUT2D eigenvalue weighted by atomic mass is 32.2. The molecule has 3 rings (SSSR count). The number of aldehydes is 2. The summed E-state index contributed by atoms with van der Waals surface area (Å²) < 4.78 is 5.58. The normalized spacial score (nSPS) is 13.0. The smallest absolute Gasteiger partial charge is 0.338 e. The van der Waals surface area contributed by atoms with Crippen molar-refractivity contribution < 1.29 is 24.2 Å². The van der Waals surface area contributed by atoms with Crippen molar-refractivity contribution in [1.82, 2.24) is 0 Å². The van der Waals surface area contributed by atoms with E-state index in [1.165, 1.54) is 4.88 Å². The largest absolute Gasteiger partial charge is 0.462 e. The van der Waals surface area contributed by atoms with E-state index in [1.807, 2.05) is 25.1 Å². The summed E-state index contributed by atoms with van der Waals surface area (Å²) in [5.74, 6) is -0.318. The molecule has 7 heteroatoms. The molecule has 1 aromatic heterocycles. The molecule has 0 aliphatic heterocycles. The van der Waals surface area contributed by atoms with E-state index in [4.69, 9.17) is 4.74 Å². The van der Waals surface area contributed by atoms with Gasteiger partial charge in [-0.05, 0) is 105 Å². The lowest BCUT2D eigenvalue weighted by atomic mass is 10.0. The third-order valence-corrected chi connectivity index (χ3v) is 9.54. The first-order valence-electron chi connectivity index (χ1n) is 14.3. The van der Waals surface area contributed by atoms with Crippen LogP contribution in [0, 0.1) is 0 Å². The van der Waals surface area contributed by atoms with E-state index in [0.29, 0.717) is 23.3 Å². The van der Waals surface area contributed by atoms with E-state index in [1.54, 1.807) is 41.3 Å². The van der Waals surface area contributed by atoms with Crippen LogP contribution in [0.1, 0.15) is 112 Å². The fraction of sp³-hybridized carbons (Fsp3) is 0.382. The third kappa shape index (κ3) is 9.52. The van der Waals surface area contributed by atoms with Crippen LogP contribution in [0.2, 0.25) is 0 Å². The second kappa shape index (κ2) is 16.4. The Kier molecular flexibility index (Phi) is 13.0. The van der Waals surface area contributed by atoms with Crippen LogP contribution in [0.5, 0.6) is 0 Å². The monoisotopic (exact) mass is 592 g/mol. The zero-order valence-electron chi connectivity index (χ0n) is 24.4. The molecule has 0 spiro atoms. The van der Waals surface area contributed by atoms with Crippen LogP contribution >= 0.6 is 23.1 Å². The van der Waals surface area contributed by atoms with Crippen molar-refractivity contribution in [3.8, 4) is 10.4 Å². The van der Waals surface area contributed by atoms with Crippen LogP contribution in [0.15, 0.2) is 54.6 Å². The van der Waals surface area contributed by atoms with E-state index in [2.05, 4.69) is 39.0 Å². The van der Waals surface area contributed by atoms with Gasteiger partial charge in [0.1, 0.15) is 12.6 Å². The Morgan fingerprint density at radius 2 is 1.68 bits per heavy atom. The first-order chi connectivity index (χ1) is 19.8. The number of thioether (sulfide) groups is 1. The molecule has 2 aromatic carbocycles. The second-order valence-corrected chi connectivity index (χ2v) is 12.5. The molecule has 41 heavy (non-hydrogen) atoms. The minimum atomic E-state index is -0.318. The molecule has 1 N–H and O–H groups in total. The summed E-state index contributed by atoms with van der Waals surface area (Å²) in [5, 5.41) is 9.86. The molecule has 0 saturated carbocycles. The summed E-state index contributed by atoms with van der Waals surface area (Å²) >= 11 is 3.40. The standard InChI is InChI=1S/C34H40O5S2/c1-5-10-32(28-16-24(6-2)17-29(20-28)34(38)39-14-9-8-11-30(37)7-3)40-23(4)31-12-13-33(41-31)27-18-25(21-35)15-26(19-27)22-36/h10,12-13,15-23,30,37H,5-9,11,14H2,1-4H3/b32-10-. The number of allylic oxidation sites excluding steroid dienone is 1. The van der Waals surface area contributed by atoms with Crippen LogP contribution in [-0.4, -0.2) is 36.4 Å². The zero-order chi connectivity index (χ0) is 29.8. The first-order valence-corrected chi connectivity index (χ1v) is 16.0. The molecule has 0 fully saturated rings. The Morgan fingerprint density at radius 1 is 0.976 bits per heavy atom. The van der Waals surface area contributed by atoms with E-state index >= 15 is 0 Å². The van der Waals surface area contributed by atoms with Gasteiger partial charge in [0.25, 0.3) is 0 Å². The summed E-state index contributed by atoms with van der Waals surface area (Å²) in [4.78, 5) is 38.9. The Labute approximate surface area is 252 Å². The van der Waals surface area contributed by atoms with Gasteiger partial charge in [0.15, 0.2) is 0 Å². The van der Waals surface area contributed by atoms with Crippen molar-refractivity contribution in [2.75, 3.05) is 6.61 Å². The van der Waals surface area contributed by atoms with Crippen molar-refractivity contribution in [2.24, 2.45) is 0 Å². The van der Waals surface area contributed by atoms with Gasteiger partial charge in [-0.3, -0.25) is 9.59 Å². The molecule has 0 radical (unpaired) electrons. The maximum atomic E-state index is 12.9. The number of rotatable bonds is 16. The molecule has 218 valence electrons. The van der Waals surface area contributed by atoms with Gasteiger partial charge in [0, 0.05) is 31.0 Å². The lowest BCUT2D eigenvalue weighted by Crippen LogP contribution is -2.09. The number of hydrogen-bond acceptors (Lipinski definition) is 7. The average molecular weight is 593 g/mol. The summed E-state index contributed by atoms with van der Waals surface area (Å²) in [6.45, 7) is 8.65. The van der Waals surface area contributed by atoms with Crippen LogP contribution in [0.25, 0.3) is 15.3 Å². The van der Waals surface area contributed by atoms with E-state index in [0.717, 1.165) is 77.6 Å². The average Bonchev–Trinajstić information content (AvgIpc) is 3.50. The summed E-state index contributed by atoms with van der Waals surface area (Å²) in [6, 6.07) is 15.3. The molecule has 5 nitrogen and oxygen atoms in total. The van der Waals surface area contributed by atoms with Gasteiger partial charge in [0.2, 0.25) is 0 Å². The number of ether oxygens (including phenoxy) is 1. The summed E-state index contributed by atoms with van der Waals surface area (Å²) in [5.41, 5.74) is 4.46. The van der Waals surface area contributed by atoms with Gasteiger partial charge in [-0.15, -0.1) is 23.1 Å². The molecule has 2 atom stereocenters. The number of hydrogen-bond donors (Lipinski definition) is 1. The van der Waals surface area contributed by atoms with Gasteiger partial charge in [-0.2, -0.15) is 0 Å². The molecule has 3 aromatic rings. The Morgan fingerprint density at radius 3 is 2.32 bits per heavy atom. The number of carbonyl (C=O) groups excluding carboxylic acids is 3. The van der Waals surface area contributed by atoms with E-state index < -0.39 is 0 Å². The number of thiophene rings is 1. The number of unbranched alkanes of at least 4 members (excludes halogenated alkanes) is 1. The predicted octanol–water partition coefficient (Wildman–Crippen LogP) is 8.95. The minimum absolute atomic E-state index is 0.144. The first kappa shape index (κ1) is 32.5. The van der Waals surface area contributed by atoms with Gasteiger partial charge >= 0.3 is 5.97 Å². The SMILES string of the molecule is CC/C=C(\SC(C)c1ccc(-c2cc(C=O)cc(C=O)c2)s1)c1cc(CC)cc(C(=O)OCCCCC(O)CC)c1. The van der Waals surface area contributed by atoms with Crippen LogP contribution < -0.4 is 0 Å². The van der Waals surface area contributed by atoms with Gasteiger partial charge in [-0.1, -0.05) is 32.9 Å².